The second-order valence-electron chi connectivity index (χ2n) is 11.1. The highest BCUT2D eigenvalue weighted by Crippen LogP contribution is 2.75. The van der Waals surface area contributed by atoms with Crippen molar-refractivity contribution in [3.63, 3.8) is 0 Å². The Morgan fingerprint density at radius 3 is 2.43 bits per heavy atom. The van der Waals surface area contributed by atoms with Gasteiger partial charge >= 0.3 is 6.09 Å². The largest absolute Gasteiger partial charge is 0.445 e. The van der Waals surface area contributed by atoms with Gasteiger partial charge in [0.2, 0.25) is 0 Å². The molecule has 1 aromatic carbocycles. The molecule has 3 heterocycles. The summed E-state index contributed by atoms with van der Waals surface area (Å²) in [5.74, 6) is -0.0430. The lowest BCUT2D eigenvalue weighted by Gasteiger charge is -2.27. The Balaban J connectivity index is 1.04. The third-order valence-electron chi connectivity index (χ3n) is 8.27. The van der Waals surface area contributed by atoms with Crippen LogP contribution >= 0.6 is 0 Å². The Labute approximate surface area is 254 Å². The van der Waals surface area contributed by atoms with Crippen LogP contribution < -0.4 is 16.0 Å². The number of amides is 2. The van der Waals surface area contributed by atoms with Crippen molar-refractivity contribution in [2.24, 2.45) is 5.41 Å². The minimum absolute atomic E-state index is 0.207. The molecule has 5 N–H and O–H groups in total. The number of carbonyl (C=O) groups excluding carboxylic acids is 2. The van der Waals surface area contributed by atoms with E-state index in [2.05, 4.69) is 30.9 Å². The van der Waals surface area contributed by atoms with E-state index in [1.54, 1.807) is 20.8 Å². The second-order valence-corrected chi connectivity index (χ2v) is 11.1. The Kier molecular flexibility index (Phi) is 9.31. The van der Waals surface area contributed by atoms with Crippen molar-refractivity contribution in [2.45, 2.75) is 50.9 Å². The highest BCUT2D eigenvalue weighted by molar-refractivity contribution is 5.86. The predicted octanol–water partition coefficient (Wildman–Crippen LogP) is 0.733. The molecule has 5 rings (SSSR count). The molecule has 4 atom stereocenters. The van der Waals surface area contributed by atoms with E-state index in [4.69, 9.17) is 18.9 Å². The van der Waals surface area contributed by atoms with E-state index in [1.165, 1.54) is 17.2 Å². The number of imidazole rings is 1. The molecule has 1 saturated carbocycles. The number of ether oxygens (including phenoxy) is 4. The molecule has 15 nitrogen and oxygen atoms in total. The summed E-state index contributed by atoms with van der Waals surface area (Å²) in [5, 5.41) is 31.4. The fraction of sp³-hybridized carbons (Fsp3) is 0.552. The molecule has 2 aliphatic rings. The quantitative estimate of drug-likeness (QED) is 0.151. The molecule has 2 aromatic heterocycles. The number of likely N-dealkylation sites (N-methyl/N-ethyl adjacent to an activating group) is 1. The molecule has 1 saturated heterocycles. The fourth-order valence-corrected chi connectivity index (χ4v) is 5.75. The van der Waals surface area contributed by atoms with E-state index >= 15 is 0 Å². The predicted molar refractivity (Wildman–Crippen MR) is 156 cm³/mol. The van der Waals surface area contributed by atoms with Gasteiger partial charge in [-0.25, -0.2) is 19.7 Å². The third kappa shape index (κ3) is 5.57. The van der Waals surface area contributed by atoms with Crippen molar-refractivity contribution < 1.29 is 38.7 Å². The molecular formula is C29H39N7O8. The number of nitrogens with one attached hydrogen (secondary N) is 3. The molecule has 238 valence electrons. The number of hydrogen-bond acceptors (Lipinski definition) is 12. The first-order chi connectivity index (χ1) is 21.2. The van der Waals surface area contributed by atoms with Crippen LogP contribution in [0.3, 0.4) is 0 Å². The van der Waals surface area contributed by atoms with Crippen molar-refractivity contribution in [3.05, 3.63) is 48.5 Å². The van der Waals surface area contributed by atoms with Gasteiger partial charge in [-0.1, -0.05) is 44.2 Å². The summed E-state index contributed by atoms with van der Waals surface area (Å²) in [6.07, 6.45) is -0.0533. The van der Waals surface area contributed by atoms with Crippen LogP contribution in [0.15, 0.2) is 43.0 Å². The number of anilines is 1. The normalized spacial score (nSPS) is 24.9. The molecule has 0 bridgehead atoms. The maximum absolute atomic E-state index is 12.7. The molecule has 44 heavy (non-hydrogen) atoms. The molecule has 15 heteroatoms. The van der Waals surface area contributed by atoms with Crippen molar-refractivity contribution in [1.29, 1.82) is 0 Å². The average molecular weight is 614 g/mol. The SMILES string of the molecule is CCNC(=O)[C@H]1O[C@@H](n2cnc3c(NCCOCCOCCNC(=O)OCc4ccccc4)ncnc32)[C@@]2(O)C(C)(C)[C@@]12O. The first-order valence-corrected chi connectivity index (χ1v) is 14.6. The van der Waals surface area contributed by atoms with Crippen LogP contribution in [0, 0.1) is 5.41 Å². The van der Waals surface area contributed by atoms with E-state index in [1.807, 2.05) is 30.3 Å². The zero-order chi connectivity index (χ0) is 31.4. The van der Waals surface area contributed by atoms with Gasteiger partial charge in [0.25, 0.3) is 5.91 Å². The topological polar surface area (TPSA) is 191 Å². The first-order valence-electron chi connectivity index (χ1n) is 14.6. The van der Waals surface area contributed by atoms with Gasteiger partial charge in [0.1, 0.15) is 24.1 Å². The monoisotopic (exact) mass is 613 g/mol. The summed E-state index contributed by atoms with van der Waals surface area (Å²) in [4.78, 5) is 37.5. The molecule has 0 unspecified atom stereocenters. The summed E-state index contributed by atoms with van der Waals surface area (Å²) in [7, 11) is 0. The number of nitrogens with zero attached hydrogens (tertiary/aromatic N) is 4. The van der Waals surface area contributed by atoms with Crippen LogP contribution in [0.2, 0.25) is 0 Å². The van der Waals surface area contributed by atoms with Crippen LogP contribution in [-0.4, -0.2) is 105 Å². The summed E-state index contributed by atoms with van der Waals surface area (Å²) < 4.78 is 23.7. The first kappa shape index (κ1) is 31.5. The molecule has 2 amide bonds. The Hall–Kier alpha value is -3.89. The zero-order valence-electron chi connectivity index (χ0n) is 25.0. The summed E-state index contributed by atoms with van der Waals surface area (Å²) in [5.41, 5.74) is -2.82. The maximum Gasteiger partial charge on any atom is 0.407 e. The van der Waals surface area contributed by atoms with Crippen molar-refractivity contribution >= 4 is 29.0 Å². The minimum atomic E-state index is -1.78. The second kappa shape index (κ2) is 13.0. The number of hydrogen-bond donors (Lipinski definition) is 5. The lowest BCUT2D eigenvalue weighted by atomic mass is 10.0. The van der Waals surface area contributed by atoms with Gasteiger partial charge in [-0.15, -0.1) is 0 Å². The van der Waals surface area contributed by atoms with E-state index in [9.17, 15) is 19.8 Å². The van der Waals surface area contributed by atoms with Gasteiger partial charge in [0, 0.05) is 25.0 Å². The summed E-state index contributed by atoms with van der Waals surface area (Å²) in [6, 6.07) is 9.43. The van der Waals surface area contributed by atoms with E-state index < -0.39 is 40.9 Å². The standard InChI is InChI=1S/C29H39N7O8/c1-4-30-24(37)21-28(39)27(2,3)29(28,40)25(44-21)36-18-35-20-22(33-17-34-23(20)36)31-10-12-41-14-15-42-13-11-32-26(38)43-16-19-8-6-5-7-9-19/h5-9,17-18,21,25,39-40H,4,10-16H2,1-3H3,(H,30,37)(H,32,38)(H,31,33,34)/t21-,25-,28+,29-/m1/s1. The van der Waals surface area contributed by atoms with Gasteiger partial charge in [-0.3, -0.25) is 9.36 Å². The molecule has 2 fully saturated rings. The number of alkyl carbamates (subject to hydrolysis) is 1. The number of fused-ring (bicyclic) bond motifs is 2. The lowest BCUT2D eigenvalue weighted by molar-refractivity contribution is -0.151. The molecule has 1 aliphatic heterocycles. The average Bonchev–Trinajstić information content (AvgIpc) is 3.37. The van der Waals surface area contributed by atoms with Crippen LogP contribution in [0.4, 0.5) is 10.6 Å². The van der Waals surface area contributed by atoms with Gasteiger partial charge in [-0.05, 0) is 12.5 Å². The molecule has 0 radical (unpaired) electrons. The van der Waals surface area contributed by atoms with Crippen LogP contribution in [0.25, 0.3) is 11.2 Å². The zero-order valence-corrected chi connectivity index (χ0v) is 25.0. The molecule has 0 spiro atoms. The van der Waals surface area contributed by atoms with Gasteiger partial charge < -0.3 is 45.1 Å². The molecular weight excluding hydrogens is 574 g/mol. The van der Waals surface area contributed by atoms with Crippen LogP contribution in [0.1, 0.15) is 32.6 Å². The number of benzene rings is 1. The number of aromatic nitrogens is 4. The van der Waals surface area contributed by atoms with Gasteiger partial charge in [0.05, 0.1) is 32.8 Å². The third-order valence-corrected chi connectivity index (χ3v) is 8.27. The minimum Gasteiger partial charge on any atom is -0.445 e. The molecule has 1 aliphatic carbocycles. The lowest BCUT2D eigenvalue weighted by Crippen LogP contribution is -2.46. The summed E-state index contributed by atoms with van der Waals surface area (Å²) >= 11 is 0. The van der Waals surface area contributed by atoms with Crippen molar-refractivity contribution in [2.75, 3.05) is 51.4 Å². The van der Waals surface area contributed by atoms with E-state index in [0.717, 1.165) is 5.56 Å². The smallest absolute Gasteiger partial charge is 0.407 e. The number of aliphatic hydroxyl groups is 2. The maximum atomic E-state index is 12.7. The Bertz CT molecular complexity index is 1450. The number of carbonyl (C=O) groups is 2. The summed E-state index contributed by atoms with van der Waals surface area (Å²) in [6.45, 7) is 7.86. The highest BCUT2D eigenvalue weighted by atomic mass is 16.6. The van der Waals surface area contributed by atoms with E-state index in [-0.39, 0.29) is 6.61 Å². The fourth-order valence-electron chi connectivity index (χ4n) is 5.75. The highest BCUT2D eigenvalue weighted by Gasteiger charge is 2.93. The Morgan fingerprint density at radius 2 is 1.70 bits per heavy atom. The number of rotatable bonds is 15. The van der Waals surface area contributed by atoms with Crippen molar-refractivity contribution in [1.82, 2.24) is 30.2 Å². The molecule has 3 aromatic rings. The van der Waals surface area contributed by atoms with Crippen molar-refractivity contribution in [3.8, 4) is 0 Å². The Morgan fingerprint density at radius 1 is 0.977 bits per heavy atom. The van der Waals surface area contributed by atoms with Crippen LogP contribution in [0.5, 0.6) is 0 Å². The van der Waals surface area contributed by atoms with Gasteiger partial charge in [0.15, 0.2) is 29.3 Å². The van der Waals surface area contributed by atoms with Crippen LogP contribution in [-0.2, 0) is 30.3 Å². The van der Waals surface area contributed by atoms with E-state index in [0.29, 0.717) is 63.0 Å². The van der Waals surface area contributed by atoms with Gasteiger partial charge in [-0.2, -0.15) is 0 Å².